The van der Waals surface area contributed by atoms with Crippen molar-refractivity contribution in [2.24, 2.45) is 5.92 Å². The smallest absolute Gasteiger partial charge is 0.308 e. The van der Waals surface area contributed by atoms with Crippen molar-refractivity contribution in [3.63, 3.8) is 0 Å². The normalized spacial score (nSPS) is 29.7. The number of nitrogens with zero attached hydrogens (tertiary/aromatic N) is 1. The maximum absolute atomic E-state index is 12.8. The number of rotatable bonds is 2. The number of carboxylic acids is 1. The fraction of sp³-hybridized carbons (Fsp3) is 0.529. The maximum atomic E-state index is 12.8. The first-order valence-electron chi connectivity index (χ1n) is 7.82. The van der Waals surface area contributed by atoms with E-state index in [0.717, 1.165) is 31.2 Å². The number of benzene rings is 1. The number of carbonyl (C=O) groups excluding carboxylic acids is 1. The van der Waals surface area contributed by atoms with Crippen LogP contribution >= 0.6 is 0 Å². The zero-order valence-electron chi connectivity index (χ0n) is 11.9. The minimum atomic E-state index is -0.756. The van der Waals surface area contributed by atoms with Crippen molar-refractivity contribution < 1.29 is 14.7 Å². The standard InChI is InChI=1S/C17H19NO3/c19-16(12-5-4-10-2-1-3-11(10)8-12)18-13-6-7-15(18)14(9-13)17(20)21/h4-5,8,13-15H,1-3,6-7,9H2,(H,20,21). The van der Waals surface area contributed by atoms with Crippen LogP contribution in [0.25, 0.3) is 0 Å². The molecule has 1 aromatic carbocycles. The van der Waals surface area contributed by atoms with Crippen LogP contribution in [0.3, 0.4) is 0 Å². The molecule has 1 amide bonds. The lowest BCUT2D eigenvalue weighted by Crippen LogP contribution is -2.37. The fourth-order valence-electron chi connectivity index (χ4n) is 4.42. The van der Waals surface area contributed by atoms with Crippen LogP contribution in [-0.2, 0) is 17.6 Å². The number of hydrogen-bond donors (Lipinski definition) is 1. The topological polar surface area (TPSA) is 57.6 Å². The summed E-state index contributed by atoms with van der Waals surface area (Å²) in [4.78, 5) is 26.0. The number of aliphatic carboxylic acids is 1. The van der Waals surface area contributed by atoms with Crippen molar-refractivity contribution in [3.8, 4) is 0 Å². The zero-order chi connectivity index (χ0) is 14.6. The minimum Gasteiger partial charge on any atom is -0.481 e. The Kier molecular flexibility index (Phi) is 2.81. The van der Waals surface area contributed by atoms with Crippen LogP contribution in [-0.4, -0.2) is 34.0 Å². The van der Waals surface area contributed by atoms with E-state index in [-0.39, 0.29) is 23.9 Å². The Morgan fingerprint density at radius 3 is 2.71 bits per heavy atom. The summed E-state index contributed by atoms with van der Waals surface area (Å²) >= 11 is 0. The van der Waals surface area contributed by atoms with Crippen LogP contribution in [0.2, 0.25) is 0 Å². The molecule has 2 bridgehead atoms. The van der Waals surface area contributed by atoms with E-state index in [1.165, 1.54) is 17.5 Å². The second-order valence-electron chi connectivity index (χ2n) is 6.53. The number of fused-ring (bicyclic) bond motifs is 3. The molecule has 0 aromatic heterocycles. The van der Waals surface area contributed by atoms with Crippen LogP contribution in [0, 0.1) is 5.92 Å². The van der Waals surface area contributed by atoms with Crippen molar-refractivity contribution in [3.05, 3.63) is 34.9 Å². The summed E-state index contributed by atoms with van der Waals surface area (Å²) in [5, 5.41) is 9.29. The molecule has 1 aromatic rings. The summed E-state index contributed by atoms with van der Waals surface area (Å²) < 4.78 is 0. The lowest BCUT2D eigenvalue weighted by Gasteiger charge is -2.23. The number of carboxylic acid groups (broad SMARTS) is 1. The van der Waals surface area contributed by atoms with Crippen LogP contribution in [0.4, 0.5) is 0 Å². The van der Waals surface area contributed by atoms with Gasteiger partial charge in [-0.25, -0.2) is 0 Å². The quantitative estimate of drug-likeness (QED) is 0.906. The molecule has 0 saturated carbocycles. The monoisotopic (exact) mass is 285 g/mol. The number of aryl methyl sites for hydroxylation is 2. The van der Waals surface area contributed by atoms with E-state index in [9.17, 15) is 14.7 Å². The molecule has 4 nitrogen and oxygen atoms in total. The molecule has 2 heterocycles. The maximum Gasteiger partial charge on any atom is 0.308 e. The number of amides is 1. The van der Waals surface area contributed by atoms with Gasteiger partial charge in [0.1, 0.15) is 0 Å². The van der Waals surface area contributed by atoms with Gasteiger partial charge < -0.3 is 10.0 Å². The largest absolute Gasteiger partial charge is 0.481 e. The van der Waals surface area contributed by atoms with Crippen molar-refractivity contribution in [2.45, 2.75) is 50.6 Å². The number of hydrogen-bond acceptors (Lipinski definition) is 2. The van der Waals surface area contributed by atoms with Gasteiger partial charge >= 0.3 is 5.97 Å². The van der Waals surface area contributed by atoms with E-state index in [1.54, 1.807) is 0 Å². The first-order chi connectivity index (χ1) is 10.1. The predicted molar refractivity (Wildman–Crippen MR) is 77.2 cm³/mol. The van der Waals surface area contributed by atoms with Gasteiger partial charge in [-0.3, -0.25) is 9.59 Å². The van der Waals surface area contributed by atoms with Crippen LogP contribution in [0.5, 0.6) is 0 Å². The highest BCUT2D eigenvalue weighted by molar-refractivity contribution is 5.96. The Labute approximate surface area is 123 Å². The first-order valence-corrected chi connectivity index (χ1v) is 7.82. The third kappa shape index (κ3) is 1.88. The summed E-state index contributed by atoms with van der Waals surface area (Å²) in [6, 6.07) is 6.03. The average Bonchev–Trinajstić information content (AvgIpc) is 3.19. The third-order valence-electron chi connectivity index (χ3n) is 5.43. The molecule has 4 rings (SSSR count). The molecule has 3 unspecified atom stereocenters. The van der Waals surface area contributed by atoms with E-state index in [2.05, 4.69) is 6.07 Å². The summed E-state index contributed by atoms with van der Waals surface area (Å²) in [5.74, 6) is -1.10. The second kappa shape index (κ2) is 4.58. The molecule has 1 N–H and O–H groups in total. The van der Waals surface area contributed by atoms with Crippen molar-refractivity contribution in [1.29, 1.82) is 0 Å². The van der Waals surface area contributed by atoms with Gasteiger partial charge in [0.2, 0.25) is 0 Å². The van der Waals surface area contributed by atoms with Crippen LogP contribution in [0.15, 0.2) is 18.2 Å². The molecule has 110 valence electrons. The van der Waals surface area contributed by atoms with Crippen LogP contribution in [0.1, 0.15) is 47.2 Å². The summed E-state index contributed by atoms with van der Waals surface area (Å²) in [6.07, 6.45) is 5.74. The van der Waals surface area contributed by atoms with Gasteiger partial charge in [-0.05, 0) is 61.8 Å². The Balaban J connectivity index is 1.62. The van der Waals surface area contributed by atoms with Crippen LogP contribution < -0.4 is 0 Å². The molecule has 1 aliphatic carbocycles. The Morgan fingerprint density at radius 2 is 1.95 bits per heavy atom. The molecule has 0 radical (unpaired) electrons. The Bertz CT molecular complexity index is 624. The Morgan fingerprint density at radius 1 is 1.14 bits per heavy atom. The van der Waals surface area contributed by atoms with Gasteiger partial charge in [0.05, 0.1) is 5.92 Å². The highest BCUT2D eigenvalue weighted by atomic mass is 16.4. The van der Waals surface area contributed by atoms with Gasteiger partial charge in [0, 0.05) is 17.6 Å². The zero-order valence-corrected chi connectivity index (χ0v) is 11.9. The first kappa shape index (κ1) is 12.9. The molecular formula is C17H19NO3. The minimum absolute atomic E-state index is 0.0287. The van der Waals surface area contributed by atoms with Gasteiger partial charge in [-0.1, -0.05) is 6.07 Å². The van der Waals surface area contributed by atoms with Gasteiger partial charge in [-0.15, -0.1) is 0 Å². The van der Waals surface area contributed by atoms with Gasteiger partial charge in [0.25, 0.3) is 5.91 Å². The van der Waals surface area contributed by atoms with Gasteiger partial charge in [-0.2, -0.15) is 0 Å². The Hall–Kier alpha value is -1.84. The highest BCUT2D eigenvalue weighted by Gasteiger charge is 2.51. The average molecular weight is 285 g/mol. The lowest BCUT2D eigenvalue weighted by molar-refractivity contribution is -0.142. The lowest BCUT2D eigenvalue weighted by atomic mass is 9.89. The SMILES string of the molecule is O=C(O)C1CC2CCC1N2C(=O)c1ccc2c(c1)CCC2. The summed E-state index contributed by atoms with van der Waals surface area (Å²) in [7, 11) is 0. The molecule has 2 aliphatic heterocycles. The van der Waals surface area contributed by atoms with Gasteiger partial charge in [0.15, 0.2) is 0 Å². The second-order valence-corrected chi connectivity index (χ2v) is 6.53. The van der Waals surface area contributed by atoms with E-state index in [4.69, 9.17) is 0 Å². The summed E-state index contributed by atoms with van der Waals surface area (Å²) in [6.45, 7) is 0. The molecule has 3 aliphatic rings. The van der Waals surface area contributed by atoms with E-state index in [0.29, 0.717) is 6.42 Å². The van der Waals surface area contributed by atoms with Crippen molar-refractivity contribution >= 4 is 11.9 Å². The van der Waals surface area contributed by atoms with E-state index in [1.807, 2.05) is 17.0 Å². The third-order valence-corrected chi connectivity index (χ3v) is 5.43. The molecule has 21 heavy (non-hydrogen) atoms. The van der Waals surface area contributed by atoms with Crippen molar-refractivity contribution in [1.82, 2.24) is 4.90 Å². The molecule has 4 heteroatoms. The number of carbonyl (C=O) groups is 2. The highest BCUT2D eigenvalue weighted by Crippen LogP contribution is 2.42. The van der Waals surface area contributed by atoms with E-state index < -0.39 is 5.97 Å². The molecule has 2 fully saturated rings. The molecule has 2 saturated heterocycles. The van der Waals surface area contributed by atoms with E-state index >= 15 is 0 Å². The molecule has 3 atom stereocenters. The fourth-order valence-corrected chi connectivity index (χ4v) is 4.42. The molecule has 0 spiro atoms. The van der Waals surface area contributed by atoms with Crippen molar-refractivity contribution in [2.75, 3.05) is 0 Å². The summed E-state index contributed by atoms with van der Waals surface area (Å²) in [5.41, 5.74) is 3.39. The molecular weight excluding hydrogens is 266 g/mol. The predicted octanol–water partition coefficient (Wildman–Crippen LogP) is 2.25.